The predicted octanol–water partition coefficient (Wildman–Crippen LogP) is 3.14. The largest absolute Gasteiger partial charge is 0.342 e. The van der Waals surface area contributed by atoms with E-state index in [4.69, 9.17) is 12.2 Å². The number of carbonyl (C=O) groups is 1. The summed E-state index contributed by atoms with van der Waals surface area (Å²) in [7, 11) is 0. The molecule has 0 heterocycles. The summed E-state index contributed by atoms with van der Waals surface area (Å²) in [5.41, 5.74) is 0.550. The molecular weight excluding hydrogens is 324 g/mol. The Labute approximate surface area is 127 Å². The van der Waals surface area contributed by atoms with E-state index in [2.05, 4.69) is 34.4 Å². The summed E-state index contributed by atoms with van der Waals surface area (Å²) >= 11 is 8.53. The van der Waals surface area contributed by atoms with E-state index in [1.807, 2.05) is 6.07 Å². The zero-order chi connectivity index (χ0) is 14.3. The van der Waals surface area contributed by atoms with Crippen LogP contribution in [0.4, 0.5) is 0 Å². The number of rotatable bonds is 5. The molecule has 1 amide bonds. The second-order valence-corrected chi connectivity index (χ2v) is 5.05. The van der Waals surface area contributed by atoms with E-state index in [0.717, 1.165) is 4.47 Å². The number of hydrogen-bond donors (Lipinski definition) is 1. The standard InChI is InChI=1S/C14H15BrN2OS/c1-3-8-17(9-4-2)14(19)16-13(18)11-6-5-7-12(15)10-11/h3-7,10H,1-2,8-9H2,(H,16,18,19). The van der Waals surface area contributed by atoms with E-state index in [-0.39, 0.29) is 5.91 Å². The van der Waals surface area contributed by atoms with Gasteiger partial charge in [-0.15, -0.1) is 13.2 Å². The van der Waals surface area contributed by atoms with Crippen LogP contribution in [0.3, 0.4) is 0 Å². The maximum absolute atomic E-state index is 12.0. The first kappa shape index (κ1) is 15.6. The van der Waals surface area contributed by atoms with Gasteiger partial charge >= 0.3 is 0 Å². The number of carbonyl (C=O) groups excluding carboxylic acids is 1. The molecule has 0 aliphatic heterocycles. The third-order valence-electron chi connectivity index (χ3n) is 2.29. The number of thiocarbonyl (C=S) groups is 1. The molecular formula is C14H15BrN2OS. The van der Waals surface area contributed by atoms with Crippen molar-refractivity contribution in [2.24, 2.45) is 0 Å². The maximum atomic E-state index is 12.0. The minimum absolute atomic E-state index is 0.232. The molecule has 0 bridgehead atoms. The van der Waals surface area contributed by atoms with Gasteiger partial charge in [0.05, 0.1) is 0 Å². The van der Waals surface area contributed by atoms with Gasteiger partial charge in [-0.05, 0) is 30.4 Å². The van der Waals surface area contributed by atoms with Crippen molar-refractivity contribution >= 4 is 39.2 Å². The van der Waals surface area contributed by atoms with Gasteiger partial charge in [0.1, 0.15) is 0 Å². The number of halogens is 1. The predicted molar refractivity (Wildman–Crippen MR) is 86.2 cm³/mol. The van der Waals surface area contributed by atoms with Gasteiger partial charge < -0.3 is 4.90 Å². The lowest BCUT2D eigenvalue weighted by Crippen LogP contribution is -2.42. The summed E-state index contributed by atoms with van der Waals surface area (Å²) in [6, 6.07) is 7.13. The van der Waals surface area contributed by atoms with Crippen LogP contribution in [0.1, 0.15) is 10.4 Å². The Morgan fingerprint density at radius 1 is 1.37 bits per heavy atom. The molecule has 1 rings (SSSR count). The fourth-order valence-corrected chi connectivity index (χ4v) is 2.07. The molecule has 100 valence electrons. The highest BCUT2D eigenvalue weighted by Gasteiger charge is 2.12. The first-order valence-electron chi connectivity index (χ1n) is 5.66. The van der Waals surface area contributed by atoms with Crippen molar-refractivity contribution in [3.63, 3.8) is 0 Å². The van der Waals surface area contributed by atoms with Crippen molar-refractivity contribution in [2.45, 2.75) is 0 Å². The quantitative estimate of drug-likeness (QED) is 0.661. The average Bonchev–Trinajstić information content (AvgIpc) is 2.38. The van der Waals surface area contributed by atoms with Crippen LogP contribution in [0.25, 0.3) is 0 Å². The second-order valence-electron chi connectivity index (χ2n) is 3.75. The molecule has 5 heteroatoms. The molecule has 3 nitrogen and oxygen atoms in total. The van der Waals surface area contributed by atoms with Crippen LogP contribution in [-0.4, -0.2) is 29.0 Å². The lowest BCUT2D eigenvalue weighted by molar-refractivity contribution is 0.0974. The fourth-order valence-electron chi connectivity index (χ4n) is 1.43. The number of hydrogen-bond acceptors (Lipinski definition) is 2. The highest BCUT2D eigenvalue weighted by Crippen LogP contribution is 2.11. The third-order valence-corrected chi connectivity index (χ3v) is 3.15. The number of nitrogens with one attached hydrogen (secondary N) is 1. The van der Waals surface area contributed by atoms with Gasteiger partial charge in [-0.2, -0.15) is 0 Å². The Morgan fingerprint density at radius 2 is 2.00 bits per heavy atom. The monoisotopic (exact) mass is 338 g/mol. The fraction of sp³-hybridized carbons (Fsp3) is 0.143. The molecule has 0 aliphatic carbocycles. The molecule has 0 fully saturated rings. The van der Waals surface area contributed by atoms with Crippen LogP contribution in [0.15, 0.2) is 54.0 Å². The van der Waals surface area contributed by atoms with Crippen LogP contribution in [0.2, 0.25) is 0 Å². The highest BCUT2D eigenvalue weighted by molar-refractivity contribution is 9.10. The molecule has 19 heavy (non-hydrogen) atoms. The zero-order valence-corrected chi connectivity index (χ0v) is 12.8. The van der Waals surface area contributed by atoms with Crippen LogP contribution >= 0.6 is 28.1 Å². The van der Waals surface area contributed by atoms with Crippen molar-refractivity contribution in [1.29, 1.82) is 0 Å². The lowest BCUT2D eigenvalue weighted by Gasteiger charge is -2.22. The van der Waals surface area contributed by atoms with Crippen molar-refractivity contribution in [3.05, 3.63) is 59.6 Å². The van der Waals surface area contributed by atoms with E-state index < -0.39 is 0 Å². The smallest absolute Gasteiger partial charge is 0.257 e. The molecule has 0 spiro atoms. The van der Waals surface area contributed by atoms with Crippen LogP contribution in [0.5, 0.6) is 0 Å². The minimum atomic E-state index is -0.232. The summed E-state index contributed by atoms with van der Waals surface area (Å²) in [5.74, 6) is -0.232. The van der Waals surface area contributed by atoms with Gasteiger partial charge in [0, 0.05) is 23.1 Å². The molecule has 1 aromatic rings. The SMILES string of the molecule is C=CCN(CC=C)C(=S)NC(=O)c1cccc(Br)c1. The number of nitrogens with zero attached hydrogens (tertiary/aromatic N) is 1. The van der Waals surface area contributed by atoms with Crippen LogP contribution in [0, 0.1) is 0 Å². The van der Waals surface area contributed by atoms with E-state index >= 15 is 0 Å². The average molecular weight is 339 g/mol. The molecule has 0 unspecified atom stereocenters. The third kappa shape index (κ3) is 4.96. The van der Waals surface area contributed by atoms with Gasteiger partial charge in [0.15, 0.2) is 5.11 Å². The molecule has 0 aliphatic rings. The number of benzene rings is 1. The lowest BCUT2D eigenvalue weighted by atomic mass is 10.2. The van der Waals surface area contributed by atoms with E-state index in [1.54, 1.807) is 35.3 Å². The Hall–Kier alpha value is -1.46. The van der Waals surface area contributed by atoms with E-state index in [0.29, 0.717) is 23.8 Å². The number of amides is 1. The van der Waals surface area contributed by atoms with Crippen LogP contribution < -0.4 is 5.32 Å². The van der Waals surface area contributed by atoms with Gasteiger partial charge in [0.25, 0.3) is 5.91 Å². The molecule has 0 radical (unpaired) electrons. The molecule has 1 N–H and O–H groups in total. The first-order valence-corrected chi connectivity index (χ1v) is 6.86. The Morgan fingerprint density at radius 3 is 2.53 bits per heavy atom. The van der Waals surface area contributed by atoms with Gasteiger partial charge in [-0.25, -0.2) is 0 Å². The molecule has 0 aromatic heterocycles. The Balaban J connectivity index is 2.72. The summed E-state index contributed by atoms with van der Waals surface area (Å²) in [4.78, 5) is 13.8. The molecule has 0 saturated carbocycles. The van der Waals surface area contributed by atoms with Gasteiger partial charge in [-0.3, -0.25) is 10.1 Å². The normalized spacial score (nSPS) is 9.53. The highest BCUT2D eigenvalue weighted by atomic mass is 79.9. The van der Waals surface area contributed by atoms with Gasteiger partial charge in [0.2, 0.25) is 0 Å². The van der Waals surface area contributed by atoms with Crippen molar-refractivity contribution < 1.29 is 4.79 Å². The molecule has 1 aromatic carbocycles. The summed E-state index contributed by atoms with van der Waals surface area (Å²) in [5, 5.41) is 3.06. The van der Waals surface area contributed by atoms with Crippen molar-refractivity contribution in [3.8, 4) is 0 Å². The summed E-state index contributed by atoms with van der Waals surface area (Å²) in [6.45, 7) is 8.44. The van der Waals surface area contributed by atoms with E-state index in [9.17, 15) is 4.79 Å². The van der Waals surface area contributed by atoms with Gasteiger partial charge in [-0.1, -0.05) is 34.1 Å². The topological polar surface area (TPSA) is 32.3 Å². The Kier molecular flexibility index (Phi) is 6.45. The van der Waals surface area contributed by atoms with Crippen LogP contribution in [-0.2, 0) is 0 Å². The first-order chi connectivity index (χ1) is 9.08. The molecule has 0 atom stereocenters. The molecule has 0 saturated heterocycles. The Bertz CT molecular complexity index is 492. The maximum Gasteiger partial charge on any atom is 0.257 e. The van der Waals surface area contributed by atoms with Crippen molar-refractivity contribution in [1.82, 2.24) is 10.2 Å². The van der Waals surface area contributed by atoms with Crippen molar-refractivity contribution in [2.75, 3.05) is 13.1 Å². The summed E-state index contributed by atoms with van der Waals surface area (Å²) < 4.78 is 0.847. The van der Waals surface area contributed by atoms with E-state index in [1.165, 1.54) is 0 Å². The zero-order valence-electron chi connectivity index (χ0n) is 10.4. The second kappa shape index (κ2) is 7.86. The summed E-state index contributed by atoms with van der Waals surface area (Å²) in [6.07, 6.45) is 3.45. The minimum Gasteiger partial charge on any atom is -0.342 e.